The standard InChI is InChI=1S/C21H28N2O6/c1-14(24)28-16-10-11-17(22-20(26)29-21(2,3)4)18(12-16)23-19(25)27-13-15-8-6-5-7-9-15/h5-11,16-18H,12-13H2,1-4H3,(H,22,26)(H,23,25)/t16-,17-,18-/m0/s1. The highest BCUT2D eigenvalue weighted by Gasteiger charge is 2.32. The van der Waals surface area contributed by atoms with Gasteiger partial charge in [-0.25, -0.2) is 9.59 Å². The Balaban J connectivity index is 1.99. The lowest BCUT2D eigenvalue weighted by molar-refractivity contribution is -0.144. The van der Waals surface area contributed by atoms with Crippen molar-refractivity contribution < 1.29 is 28.6 Å². The minimum absolute atomic E-state index is 0.118. The number of amides is 2. The summed E-state index contributed by atoms with van der Waals surface area (Å²) in [5, 5.41) is 5.46. The fourth-order valence-corrected chi connectivity index (χ4v) is 2.81. The average Bonchev–Trinajstić information content (AvgIpc) is 2.61. The molecule has 0 bridgehead atoms. The van der Waals surface area contributed by atoms with Crippen LogP contribution in [0.2, 0.25) is 0 Å². The summed E-state index contributed by atoms with van der Waals surface area (Å²) in [6.07, 6.45) is 1.88. The van der Waals surface area contributed by atoms with Gasteiger partial charge in [-0.05, 0) is 32.4 Å². The summed E-state index contributed by atoms with van der Waals surface area (Å²) >= 11 is 0. The van der Waals surface area contributed by atoms with Gasteiger partial charge in [0.1, 0.15) is 18.3 Å². The molecule has 8 nitrogen and oxygen atoms in total. The molecule has 0 saturated heterocycles. The van der Waals surface area contributed by atoms with Crippen LogP contribution in [-0.4, -0.2) is 41.9 Å². The Morgan fingerprint density at radius 2 is 1.72 bits per heavy atom. The molecular weight excluding hydrogens is 376 g/mol. The minimum Gasteiger partial charge on any atom is -0.458 e. The maximum Gasteiger partial charge on any atom is 0.408 e. The number of ether oxygens (including phenoxy) is 3. The predicted octanol–water partition coefficient (Wildman–Crippen LogP) is 3.07. The van der Waals surface area contributed by atoms with Crippen LogP contribution in [0.25, 0.3) is 0 Å². The van der Waals surface area contributed by atoms with E-state index in [0.29, 0.717) is 0 Å². The molecule has 0 aromatic heterocycles. The molecule has 0 fully saturated rings. The molecular formula is C21H28N2O6. The fraction of sp³-hybridized carbons (Fsp3) is 0.476. The van der Waals surface area contributed by atoms with E-state index in [1.165, 1.54) is 6.92 Å². The van der Waals surface area contributed by atoms with Gasteiger partial charge in [0.15, 0.2) is 0 Å². The van der Waals surface area contributed by atoms with Crippen LogP contribution < -0.4 is 10.6 Å². The number of rotatable bonds is 5. The molecule has 0 spiro atoms. The Morgan fingerprint density at radius 3 is 2.34 bits per heavy atom. The lowest BCUT2D eigenvalue weighted by atomic mass is 9.94. The molecule has 3 atom stereocenters. The number of nitrogens with one attached hydrogen (secondary N) is 2. The zero-order valence-electron chi connectivity index (χ0n) is 17.1. The number of hydrogen-bond acceptors (Lipinski definition) is 6. The van der Waals surface area contributed by atoms with Crippen molar-refractivity contribution in [2.45, 2.75) is 64.5 Å². The highest BCUT2D eigenvalue weighted by molar-refractivity contribution is 5.70. The molecule has 2 N–H and O–H groups in total. The summed E-state index contributed by atoms with van der Waals surface area (Å²) in [6, 6.07) is 8.20. The molecule has 1 aromatic rings. The third kappa shape index (κ3) is 8.25. The van der Waals surface area contributed by atoms with Crippen molar-refractivity contribution >= 4 is 18.2 Å². The molecule has 0 radical (unpaired) electrons. The van der Waals surface area contributed by atoms with E-state index in [4.69, 9.17) is 14.2 Å². The Kier molecular flexibility index (Phi) is 7.64. The van der Waals surface area contributed by atoms with Gasteiger partial charge in [-0.1, -0.05) is 36.4 Å². The topological polar surface area (TPSA) is 103 Å². The third-order valence-corrected chi connectivity index (χ3v) is 3.97. The molecule has 0 saturated carbocycles. The number of alkyl carbamates (subject to hydrolysis) is 2. The summed E-state index contributed by atoms with van der Waals surface area (Å²) < 4.78 is 15.7. The van der Waals surface area contributed by atoms with E-state index >= 15 is 0 Å². The van der Waals surface area contributed by atoms with Gasteiger partial charge in [0.05, 0.1) is 12.1 Å². The van der Waals surface area contributed by atoms with Gasteiger partial charge in [-0.2, -0.15) is 0 Å². The van der Waals surface area contributed by atoms with Crippen LogP contribution in [0.3, 0.4) is 0 Å². The lowest BCUT2D eigenvalue weighted by Gasteiger charge is -2.32. The molecule has 1 aromatic carbocycles. The van der Waals surface area contributed by atoms with Crippen LogP contribution in [-0.2, 0) is 25.6 Å². The van der Waals surface area contributed by atoms with E-state index in [-0.39, 0.29) is 13.0 Å². The molecule has 2 amide bonds. The van der Waals surface area contributed by atoms with Crippen LogP contribution in [0.1, 0.15) is 39.7 Å². The summed E-state index contributed by atoms with van der Waals surface area (Å²) in [6.45, 7) is 6.71. The first-order valence-corrected chi connectivity index (χ1v) is 9.44. The van der Waals surface area contributed by atoms with Gasteiger partial charge in [0.2, 0.25) is 0 Å². The first-order chi connectivity index (χ1) is 13.6. The molecule has 0 aliphatic heterocycles. The van der Waals surface area contributed by atoms with E-state index < -0.39 is 41.9 Å². The minimum atomic E-state index is -0.652. The van der Waals surface area contributed by atoms with Crippen molar-refractivity contribution in [2.75, 3.05) is 0 Å². The zero-order chi connectivity index (χ0) is 21.4. The first-order valence-electron chi connectivity index (χ1n) is 9.44. The van der Waals surface area contributed by atoms with Gasteiger partial charge in [-0.15, -0.1) is 0 Å². The summed E-state index contributed by atoms with van der Waals surface area (Å²) in [5.74, 6) is -0.427. The Bertz CT molecular complexity index is 741. The van der Waals surface area contributed by atoms with E-state index in [9.17, 15) is 14.4 Å². The quantitative estimate of drug-likeness (QED) is 0.444. The van der Waals surface area contributed by atoms with Crippen molar-refractivity contribution in [2.24, 2.45) is 0 Å². The predicted molar refractivity (Wildman–Crippen MR) is 106 cm³/mol. The smallest absolute Gasteiger partial charge is 0.408 e. The van der Waals surface area contributed by atoms with Crippen molar-refractivity contribution in [3.05, 3.63) is 48.0 Å². The third-order valence-electron chi connectivity index (χ3n) is 3.97. The molecule has 0 unspecified atom stereocenters. The van der Waals surface area contributed by atoms with Gasteiger partial charge < -0.3 is 24.8 Å². The van der Waals surface area contributed by atoms with Gasteiger partial charge in [0, 0.05) is 13.3 Å². The maximum atomic E-state index is 12.3. The second-order valence-corrected chi connectivity index (χ2v) is 7.75. The zero-order valence-corrected chi connectivity index (χ0v) is 17.1. The van der Waals surface area contributed by atoms with Gasteiger partial charge in [-0.3, -0.25) is 4.79 Å². The van der Waals surface area contributed by atoms with Crippen LogP contribution in [0.4, 0.5) is 9.59 Å². The van der Waals surface area contributed by atoms with E-state index in [1.807, 2.05) is 30.3 Å². The second-order valence-electron chi connectivity index (χ2n) is 7.75. The van der Waals surface area contributed by atoms with Crippen molar-refractivity contribution in [1.82, 2.24) is 10.6 Å². The SMILES string of the molecule is CC(=O)O[C@H]1C=C[C@H](NC(=O)OC(C)(C)C)[C@@H](NC(=O)OCc2ccccc2)C1. The summed E-state index contributed by atoms with van der Waals surface area (Å²) in [7, 11) is 0. The van der Waals surface area contributed by atoms with Crippen molar-refractivity contribution in [3.63, 3.8) is 0 Å². The Hall–Kier alpha value is -3.03. The van der Waals surface area contributed by atoms with Crippen LogP contribution in [0.5, 0.6) is 0 Å². The second kappa shape index (κ2) is 9.95. The molecule has 2 rings (SSSR count). The van der Waals surface area contributed by atoms with Gasteiger partial charge >= 0.3 is 18.2 Å². The number of carbonyl (C=O) groups excluding carboxylic acids is 3. The molecule has 29 heavy (non-hydrogen) atoms. The molecule has 1 aliphatic rings. The number of benzene rings is 1. The average molecular weight is 404 g/mol. The Labute approximate surface area is 170 Å². The number of carbonyl (C=O) groups is 3. The highest BCUT2D eigenvalue weighted by Crippen LogP contribution is 2.17. The van der Waals surface area contributed by atoms with E-state index in [1.54, 1.807) is 32.9 Å². The molecule has 1 aliphatic carbocycles. The van der Waals surface area contributed by atoms with Crippen molar-refractivity contribution in [1.29, 1.82) is 0 Å². The highest BCUT2D eigenvalue weighted by atomic mass is 16.6. The Morgan fingerprint density at radius 1 is 1.03 bits per heavy atom. The monoisotopic (exact) mass is 404 g/mol. The van der Waals surface area contributed by atoms with Crippen LogP contribution in [0, 0.1) is 0 Å². The molecule has 158 valence electrons. The lowest BCUT2D eigenvalue weighted by Crippen LogP contribution is -2.54. The summed E-state index contributed by atoms with van der Waals surface area (Å²) in [4.78, 5) is 35.7. The van der Waals surface area contributed by atoms with E-state index in [2.05, 4.69) is 10.6 Å². The largest absolute Gasteiger partial charge is 0.458 e. The van der Waals surface area contributed by atoms with Crippen LogP contribution >= 0.6 is 0 Å². The number of hydrogen-bond donors (Lipinski definition) is 2. The normalized spacial score (nSPS) is 21.0. The van der Waals surface area contributed by atoms with Crippen molar-refractivity contribution in [3.8, 4) is 0 Å². The molecule has 8 heteroatoms. The fourth-order valence-electron chi connectivity index (χ4n) is 2.81. The summed E-state index contributed by atoms with van der Waals surface area (Å²) in [5.41, 5.74) is 0.202. The number of esters is 1. The van der Waals surface area contributed by atoms with Gasteiger partial charge in [0.25, 0.3) is 0 Å². The first kappa shape index (κ1) is 22.3. The van der Waals surface area contributed by atoms with E-state index in [0.717, 1.165) is 5.56 Å². The molecule has 0 heterocycles. The van der Waals surface area contributed by atoms with Crippen LogP contribution in [0.15, 0.2) is 42.5 Å². The maximum absolute atomic E-state index is 12.3.